The maximum atomic E-state index is 13.0. The van der Waals surface area contributed by atoms with Crippen LogP contribution in [0.2, 0.25) is 0 Å². The second-order valence-corrected chi connectivity index (χ2v) is 8.46. The predicted octanol–water partition coefficient (Wildman–Crippen LogP) is 7.11. The van der Waals surface area contributed by atoms with Gasteiger partial charge in [0.2, 0.25) is 0 Å². The summed E-state index contributed by atoms with van der Waals surface area (Å²) in [5.74, 6) is 1.46. The van der Waals surface area contributed by atoms with E-state index in [9.17, 15) is 4.79 Å². The highest BCUT2D eigenvalue weighted by Crippen LogP contribution is 2.32. The monoisotopic (exact) mass is 456 g/mol. The van der Waals surface area contributed by atoms with Crippen molar-refractivity contribution in [2.24, 2.45) is 0 Å². The second kappa shape index (κ2) is 10.9. The number of hydrogen-bond donors (Lipinski definition) is 2. The number of nitrogens with zero attached hydrogens (tertiary/aromatic N) is 2. The molecule has 0 saturated carbocycles. The van der Waals surface area contributed by atoms with Gasteiger partial charge in [0.05, 0.1) is 23.7 Å². The number of fused-ring (bicyclic) bond motifs is 1. The minimum Gasteiger partial charge on any atom is -0.493 e. The van der Waals surface area contributed by atoms with Crippen LogP contribution in [0.5, 0.6) is 5.75 Å². The van der Waals surface area contributed by atoms with Crippen LogP contribution in [-0.2, 0) is 6.42 Å². The highest BCUT2D eigenvalue weighted by atomic mass is 16.5. The van der Waals surface area contributed by atoms with Gasteiger partial charge in [-0.1, -0.05) is 62.2 Å². The van der Waals surface area contributed by atoms with E-state index in [2.05, 4.69) is 31.4 Å². The Bertz CT molecular complexity index is 1260. The lowest BCUT2D eigenvalue weighted by Crippen LogP contribution is -2.21. The van der Waals surface area contributed by atoms with Gasteiger partial charge in [0, 0.05) is 16.8 Å². The Kier molecular flexibility index (Phi) is 7.48. The van der Waals surface area contributed by atoms with E-state index in [-0.39, 0.29) is 6.03 Å². The molecule has 0 aliphatic carbocycles. The van der Waals surface area contributed by atoms with Crippen molar-refractivity contribution in [1.29, 1.82) is 0 Å². The number of benzene rings is 3. The van der Waals surface area contributed by atoms with Crippen LogP contribution in [0.4, 0.5) is 16.3 Å². The number of hydrogen-bond acceptors (Lipinski definition) is 3. The van der Waals surface area contributed by atoms with Gasteiger partial charge in [-0.25, -0.2) is 9.48 Å². The van der Waals surface area contributed by atoms with Crippen LogP contribution in [0.25, 0.3) is 16.5 Å². The zero-order valence-corrected chi connectivity index (χ0v) is 20.1. The largest absolute Gasteiger partial charge is 0.493 e. The maximum absolute atomic E-state index is 13.0. The first-order chi connectivity index (χ1) is 16.6. The number of anilines is 2. The second-order valence-electron chi connectivity index (χ2n) is 8.46. The summed E-state index contributed by atoms with van der Waals surface area (Å²) in [6.07, 6.45) is 3.95. The number of carbonyl (C=O) groups is 1. The molecule has 0 aliphatic rings. The fourth-order valence-corrected chi connectivity index (χ4v) is 3.87. The van der Waals surface area contributed by atoms with Crippen molar-refractivity contribution in [2.45, 2.75) is 46.5 Å². The molecule has 0 spiro atoms. The van der Waals surface area contributed by atoms with Crippen LogP contribution in [-0.4, -0.2) is 22.4 Å². The molecule has 0 unspecified atom stereocenters. The number of urea groups is 1. The van der Waals surface area contributed by atoms with E-state index in [1.165, 1.54) is 5.56 Å². The van der Waals surface area contributed by atoms with Gasteiger partial charge >= 0.3 is 6.03 Å². The Hall–Kier alpha value is -3.80. The third-order valence-corrected chi connectivity index (χ3v) is 5.66. The van der Waals surface area contributed by atoms with Crippen molar-refractivity contribution in [3.63, 3.8) is 0 Å². The van der Waals surface area contributed by atoms with Gasteiger partial charge < -0.3 is 10.1 Å². The normalized spacial score (nSPS) is 10.9. The molecule has 6 heteroatoms. The van der Waals surface area contributed by atoms with Gasteiger partial charge in [-0.3, -0.25) is 5.32 Å². The minimum atomic E-state index is -0.317. The van der Waals surface area contributed by atoms with Crippen LogP contribution in [0.1, 0.15) is 44.4 Å². The van der Waals surface area contributed by atoms with Crippen LogP contribution in [0.15, 0.2) is 66.7 Å². The molecule has 0 saturated heterocycles. The van der Waals surface area contributed by atoms with Crippen molar-refractivity contribution >= 4 is 28.3 Å². The first kappa shape index (κ1) is 23.4. The maximum Gasteiger partial charge on any atom is 0.324 e. The summed E-state index contributed by atoms with van der Waals surface area (Å²) in [6.45, 7) is 6.94. The SMILES string of the molecule is CCCCc1cc(NC(=O)Nc2ccc(OCCC)c3ccccc23)n(-c2ccc(C)cc2)n1. The molecule has 2 amide bonds. The molecule has 0 bridgehead atoms. The molecule has 176 valence electrons. The first-order valence-corrected chi connectivity index (χ1v) is 12.0. The molecule has 0 atom stereocenters. The van der Waals surface area contributed by atoms with Crippen molar-refractivity contribution < 1.29 is 9.53 Å². The predicted molar refractivity (Wildman–Crippen MR) is 139 cm³/mol. The van der Waals surface area contributed by atoms with Gasteiger partial charge in [-0.15, -0.1) is 0 Å². The summed E-state index contributed by atoms with van der Waals surface area (Å²) in [4.78, 5) is 13.0. The van der Waals surface area contributed by atoms with E-state index in [0.29, 0.717) is 12.4 Å². The molecule has 0 radical (unpaired) electrons. The highest BCUT2D eigenvalue weighted by Gasteiger charge is 2.14. The van der Waals surface area contributed by atoms with Crippen molar-refractivity contribution in [1.82, 2.24) is 9.78 Å². The van der Waals surface area contributed by atoms with E-state index >= 15 is 0 Å². The summed E-state index contributed by atoms with van der Waals surface area (Å²) in [7, 11) is 0. The van der Waals surface area contributed by atoms with E-state index < -0.39 is 0 Å². The fourth-order valence-electron chi connectivity index (χ4n) is 3.87. The summed E-state index contributed by atoms with van der Waals surface area (Å²) < 4.78 is 7.69. The topological polar surface area (TPSA) is 68.2 Å². The molecule has 6 nitrogen and oxygen atoms in total. The van der Waals surface area contributed by atoms with E-state index in [1.807, 2.05) is 66.7 Å². The third-order valence-electron chi connectivity index (χ3n) is 5.66. The minimum absolute atomic E-state index is 0.317. The van der Waals surface area contributed by atoms with E-state index in [0.717, 1.165) is 59.3 Å². The molecule has 34 heavy (non-hydrogen) atoms. The molecule has 1 heterocycles. The molecule has 4 rings (SSSR count). The Morgan fingerprint density at radius 2 is 1.71 bits per heavy atom. The summed E-state index contributed by atoms with van der Waals surface area (Å²) in [5, 5.41) is 12.7. The lowest BCUT2D eigenvalue weighted by Gasteiger charge is -2.14. The quantitative estimate of drug-likeness (QED) is 0.282. The number of aryl methyl sites for hydroxylation is 2. The Morgan fingerprint density at radius 1 is 0.941 bits per heavy atom. The molecule has 3 aromatic carbocycles. The van der Waals surface area contributed by atoms with E-state index in [4.69, 9.17) is 9.84 Å². The van der Waals surface area contributed by atoms with Crippen molar-refractivity contribution in [3.05, 3.63) is 78.0 Å². The standard InChI is InChI=1S/C28H32N4O2/c1-4-6-9-21-19-27(32(31-21)22-14-12-20(3)13-15-22)30-28(33)29-25-16-17-26(34-18-5-2)24-11-8-7-10-23(24)25/h7-8,10-17,19H,4-6,9,18H2,1-3H3,(H2,29,30,33). The lowest BCUT2D eigenvalue weighted by molar-refractivity contribution is 0.262. The number of unbranched alkanes of at least 4 members (excludes halogenated alkanes) is 1. The van der Waals surface area contributed by atoms with Gasteiger partial charge in [-0.05, 0) is 50.5 Å². The number of ether oxygens (including phenoxy) is 1. The van der Waals surface area contributed by atoms with Gasteiger partial charge in [0.15, 0.2) is 0 Å². The molecule has 0 fully saturated rings. The number of aromatic nitrogens is 2. The zero-order chi connectivity index (χ0) is 23.9. The Balaban J connectivity index is 1.59. The molecule has 0 aliphatic heterocycles. The first-order valence-electron chi connectivity index (χ1n) is 12.0. The summed E-state index contributed by atoms with van der Waals surface area (Å²) in [5.41, 5.74) is 3.77. The molecule has 2 N–H and O–H groups in total. The summed E-state index contributed by atoms with van der Waals surface area (Å²) in [6, 6.07) is 21.5. The lowest BCUT2D eigenvalue weighted by atomic mass is 10.1. The molecular weight excluding hydrogens is 424 g/mol. The third kappa shape index (κ3) is 5.39. The molecule has 4 aromatic rings. The van der Waals surface area contributed by atoms with Gasteiger partial charge in [-0.2, -0.15) is 5.10 Å². The smallest absolute Gasteiger partial charge is 0.324 e. The number of rotatable bonds is 9. The van der Waals surface area contributed by atoms with Gasteiger partial charge in [0.25, 0.3) is 0 Å². The Morgan fingerprint density at radius 3 is 2.44 bits per heavy atom. The van der Waals surface area contributed by atoms with Crippen LogP contribution in [0, 0.1) is 6.92 Å². The molecular formula is C28H32N4O2. The van der Waals surface area contributed by atoms with Crippen LogP contribution < -0.4 is 15.4 Å². The van der Waals surface area contributed by atoms with Crippen molar-refractivity contribution in [2.75, 3.05) is 17.2 Å². The Labute approximate surface area is 200 Å². The number of amides is 2. The van der Waals surface area contributed by atoms with Crippen LogP contribution >= 0.6 is 0 Å². The summed E-state index contributed by atoms with van der Waals surface area (Å²) >= 11 is 0. The highest BCUT2D eigenvalue weighted by molar-refractivity contribution is 6.07. The van der Waals surface area contributed by atoms with Gasteiger partial charge in [0.1, 0.15) is 11.6 Å². The van der Waals surface area contributed by atoms with E-state index in [1.54, 1.807) is 4.68 Å². The van der Waals surface area contributed by atoms with Crippen LogP contribution in [0.3, 0.4) is 0 Å². The molecule has 1 aromatic heterocycles. The number of carbonyl (C=O) groups excluding carboxylic acids is 1. The fraction of sp³-hybridized carbons (Fsp3) is 0.286. The average Bonchev–Trinajstić information content (AvgIpc) is 3.25. The average molecular weight is 457 g/mol. The van der Waals surface area contributed by atoms with Crippen molar-refractivity contribution in [3.8, 4) is 11.4 Å². The number of nitrogens with one attached hydrogen (secondary N) is 2. The zero-order valence-electron chi connectivity index (χ0n) is 20.1.